The summed E-state index contributed by atoms with van der Waals surface area (Å²) in [6, 6.07) is 3.76. The van der Waals surface area contributed by atoms with Crippen LogP contribution in [-0.4, -0.2) is 23.0 Å². The Morgan fingerprint density at radius 3 is 2.81 bits per heavy atom. The van der Waals surface area contributed by atoms with E-state index in [-0.39, 0.29) is 16.7 Å². The van der Waals surface area contributed by atoms with Crippen LogP contribution in [0, 0.1) is 0 Å². The maximum Gasteiger partial charge on any atom is 0.433 e. The summed E-state index contributed by atoms with van der Waals surface area (Å²) in [4.78, 5) is 18.3. The fraction of sp³-hybridized carbons (Fsp3) is 0.250. The second kappa shape index (κ2) is 6.17. The van der Waals surface area contributed by atoms with Gasteiger partial charge in [0.2, 0.25) is 5.76 Å². The lowest BCUT2D eigenvalue weighted by atomic mass is 10.4. The fourth-order valence-electron chi connectivity index (χ4n) is 1.37. The summed E-state index contributed by atoms with van der Waals surface area (Å²) in [5.41, 5.74) is -1.00. The second-order valence-corrected chi connectivity index (χ2v) is 4.71. The number of ether oxygens (including phenoxy) is 1. The zero-order valence-electron chi connectivity index (χ0n) is 10.7. The summed E-state index contributed by atoms with van der Waals surface area (Å²) < 4.78 is 47.1. The van der Waals surface area contributed by atoms with Crippen molar-refractivity contribution in [1.29, 1.82) is 0 Å². The Balaban J connectivity index is 2.03. The molecule has 0 atom stereocenters. The van der Waals surface area contributed by atoms with E-state index in [2.05, 4.69) is 14.7 Å². The molecule has 2 aromatic rings. The number of aromatic nitrogens is 2. The van der Waals surface area contributed by atoms with Gasteiger partial charge in [0.25, 0.3) is 0 Å². The van der Waals surface area contributed by atoms with Crippen LogP contribution in [0.1, 0.15) is 22.0 Å². The van der Waals surface area contributed by atoms with Gasteiger partial charge in [-0.15, -0.1) is 0 Å². The number of esters is 1. The Hall–Kier alpha value is -2.03. The molecule has 112 valence electrons. The van der Waals surface area contributed by atoms with Crippen LogP contribution < -0.4 is 0 Å². The van der Waals surface area contributed by atoms with Crippen molar-refractivity contribution in [3.8, 4) is 0 Å². The number of hydrogen-bond acceptors (Lipinski definition) is 6. The Bertz CT molecular complexity index is 643. The Morgan fingerprint density at radius 1 is 1.38 bits per heavy atom. The molecule has 5 nitrogen and oxygen atoms in total. The molecule has 2 aromatic heterocycles. The second-order valence-electron chi connectivity index (χ2n) is 3.77. The number of furan rings is 1. The molecule has 0 aliphatic heterocycles. The van der Waals surface area contributed by atoms with Gasteiger partial charge in [-0.05, 0) is 18.2 Å². The van der Waals surface area contributed by atoms with Gasteiger partial charge in [0.05, 0.1) is 12.9 Å². The topological polar surface area (TPSA) is 65.2 Å². The molecule has 0 amide bonds. The molecule has 2 heterocycles. The van der Waals surface area contributed by atoms with E-state index in [1.54, 1.807) is 0 Å². The molecule has 0 fully saturated rings. The number of rotatable bonds is 4. The molecule has 0 bridgehead atoms. The van der Waals surface area contributed by atoms with E-state index >= 15 is 0 Å². The SMILES string of the molecule is COC(=O)c1ccc(CSc2nccc(C(F)(F)F)n2)o1. The molecule has 0 saturated carbocycles. The van der Waals surface area contributed by atoms with Crippen molar-refractivity contribution in [3.63, 3.8) is 0 Å². The average molecular weight is 318 g/mol. The first-order chi connectivity index (χ1) is 9.90. The van der Waals surface area contributed by atoms with Crippen LogP contribution in [-0.2, 0) is 16.7 Å². The highest BCUT2D eigenvalue weighted by molar-refractivity contribution is 7.98. The van der Waals surface area contributed by atoms with Gasteiger partial charge < -0.3 is 9.15 Å². The average Bonchev–Trinajstić information content (AvgIpc) is 2.92. The molecule has 0 saturated heterocycles. The first-order valence-corrected chi connectivity index (χ1v) is 6.59. The van der Waals surface area contributed by atoms with Gasteiger partial charge in [0.15, 0.2) is 5.16 Å². The van der Waals surface area contributed by atoms with E-state index in [9.17, 15) is 18.0 Å². The van der Waals surface area contributed by atoms with Crippen molar-refractivity contribution in [2.75, 3.05) is 7.11 Å². The Kier molecular flexibility index (Phi) is 4.51. The largest absolute Gasteiger partial charge is 0.463 e. The van der Waals surface area contributed by atoms with Crippen LogP contribution in [0.25, 0.3) is 0 Å². The van der Waals surface area contributed by atoms with Gasteiger partial charge >= 0.3 is 12.1 Å². The first kappa shape index (κ1) is 15.4. The van der Waals surface area contributed by atoms with E-state index < -0.39 is 17.8 Å². The minimum atomic E-state index is -4.51. The van der Waals surface area contributed by atoms with Gasteiger partial charge in [-0.3, -0.25) is 0 Å². The van der Waals surface area contributed by atoms with Crippen molar-refractivity contribution < 1.29 is 27.1 Å². The van der Waals surface area contributed by atoms with Crippen molar-refractivity contribution >= 4 is 17.7 Å². The standard InChI is InChI=1S/C12H9F3N2O3S/c1-19-10(18)8-3-2-7(20-8)6-21-11-16-5-4-9(17-11)12(13,14)15/h2-5H,6H2,1H3. The zero-order valence-corrected chi connectivity index (χ0v) is 11.5. The van der Waals surface area contributed by atoms with E-state index in [0.29, 0.717) is 5.76 Å². The van der Waals surface area contributed by atoms with Gasteiger partial charge in [-0.1, -0.05) is 11.8 Å². The Morgan fingerprint density at radius 2 is 2.14 bits per heavy atom. The molecule has 9 heteroatoms. The van der Waals surface area contributed by atoms with Gasteiger partial charge in [0.1, 0.15) is 11.5 Å². The molecule has 0 aromatic carbocycles. The van der Waals surface area contributed by atoms with Crippen LogP contribution in [0.15, 0.2) is 34.0 Å². The van der Waals surface area contributed by atoms with Gasteiger partial charge in [-0.25, -0.2) is 14.8 Å². The maximum absolute atomic E-state index is 12.5. The van der Waals surface area contributed by atoms with Crippen LogP contribution in [0.5, 0.6) is 0 Å². The third-order valence-corrected chi connectivity index (χ3v) is 3.20. The molecule has 0 aliphatic carbocycles. The van der Waals surface area contributed by atoms with E-state index in [0.717, 1.165) is 24.0 Å². The molecule has 0 radical (unpaired) electrons. The van der Waals surface area contributed by atoms with Crippen molar-refractivity contribution in [1.82, 2.24) is 9.97 Å². The van der Waals surface area contributed by atoms with Gasteiger partial charge in [-0.2, -0.15) is 13.2 Å². The molecule has 0 aliphatic rings. The monoisotopic (exact) mass is 318 g/mol. The molecular formula is C12H9F3N2O3S. The van der Waals surface area contributed by atoms with Crippen LogP contribution in [0.3, 0.4) is 0 Å². The predicted octanol–water partition coefficient (Wildman–Crippen LogP) is 3.17. The smallest absolute Gasteiger partial charge is 0.433 e. The lowest BCUT2D eigenvalue weighted by molar-refractivity contribution is -0.141. The van der Waals surface area contributed by atoms with Gasteiger partial charge in [0, 0.05) is 6.20 Å². The number of carbonyl (C=O) groups excluding carboxylic acids is 1. The molecule has 0 unspecified atom stereocenters. The third-order valence-electron chi connectivity index (χ3n) is 2.32. The predicted molar refractivity (Wildman–Crippen MR) is 66.6 cm³/mol. The van der Waals surface area contributed by atoms with Crippen molar-refractivity contribution in [3.05, 3.63) is 41.6 Å². The number of methoxy groups -OCH3 is 1. The van der Waals surface area contributed by atoms with Crippen molar-refractivity contribution in [2.45, 2.75) is 17.1 Å². The summed E-state index contributed by atoms with van der Waals surface area (Å²) in [5.74, 6) is -0.000718. The van der Waals surface area contributed by atoms with Crippen LogP contribution >= 0.6 is 11.8 Å². The molecule has 21 heavy (non-hydrogen) atoms. The number of hydrogen-bond donors (Lipinski definition) is 0. The lowest BCUT2D eigenvalue weighted by Gasteiger charge is -2.05. The lowest BCUT2D eigenvalue weighted by Crippen LogP contribution is -2.08. The normalized spacial score (nSPS) is 11.4. The number of carbonyl (C=O) groups is 1. The highest BCUT2D eigenvalue weighted by Crippen LogP contribution is 2.29. The summed E-state index contributed by atoms with van der Waals surface area (Å²) in [6.07, 6.45) is -3.47. The number of nitrogens with zero attached hydrogens (tertiary/aromatic N) is 2. The van der Waals surface area contributed by atoms with E-state index in [1.165, 1.54) is 19.2 Å². The van der Waals surface area contributed by atoms with Crippen LogP contribution in [0.4, 0.5) is 13.2 Å². The molecular weight excluding hydrogens is 309 g/mol. The summed E-state index contributed by atoms with van der Waals surface area (Å²) in [5, 5.41) is -0.0270. The summed E-state index contributed by atoms with van der Waals surface area (Å²) in [6.45, 7) is 0. The van der Waals surface area contributed by atoms with E-state index in [1.807, 2.05) is 0 Å². The zero-order chi connectivity index (χ0) is 15.5. The van der Waals surface area contributed by atoms with Crippen LogP contribution in [0.2, 0.25) is 0 Å². The number of alkyl halides is 3. The first-order valence-electron chi connectivity index (χ1n) is 5.60. The minimum absolute atomic E-state index is 0.0260. The third kappa shape index (κ3) is 3.97. The molecule has 0 spiro atoms. The van der Waals surface area contributed by atoms with E-state index in [4.69, 9.17) is 4.42 Å². The molecule has 0 N–H and O–H groups in total. The Labute approximate surface area is 121 Å². The maximum atomic E-state index is 12.5. The minimum Gasteiger partial charge on any atom is -0.463 e. The number of halogens is 3. The fourth-order valence-corrected chi connectivity index (χ4v) is 2.09. The highest BCUT2D eigenvalue weighted by atomic mass is 32.2. The quantitative estimate of drug-likeness (QED) is 0.490. The highest BCUT2D eigenvalue weighted by Gasteiger charge is 2.32. The number of thioether (sulfide) groups is 1. The molecule has 2 rings (SSSR count). The summed E-state index contributed by atoms with van der Waals surface area (Å²) in [7, 11) is 1.22. The summed E-state index contributed by atoms with van der Waals surface area (Å²) >= 11 is 0.968. The van der Waals surface area contributed by atoms with Crippen molar-refractivity contribution in [2.24, 2.45) is 0 Å².